The number of thioether (sulfide) groups is 1. The molecule has 0 aromatic carbocycles. The molecule has 0 aliphatic carbocycles. The molecule has 0 fully saturated rings. The molecule has 0 aliphatic heterocycles. The average molecular weight is 305 g/mol. The quantitative estimate of drug-likeness (QED) is 0.428. The third-order valence-corrected chi connectivity index (χ3v) is 4.71. The lowest BCUT2D eigenvalue weighted by molar-refractivity contribution is -0.148. The van der Waals surface area contributed by atoms with E-state index in [1.165, 1.54) is 7.11 Å². The minimum atomic E-state index is -0.562. The minimum absolute atomic E-state index is 0.174. The van der Waals surface area contributed by atoms with Gasteiger partial charge in [0.1, 0.15) is 5.54 Å². The maximum atomic E-state index is 11.9. The average Bonchev–Trinajstić information content (AvgIpc) is 2.47. The molecule has 120 valence electrons. The van der Waals surface area contributed by atoms with Gasteiger partial charge in [-0.3, -0.25) is 4.79 Å². The van der Waals surface area contributed by atoms with Gasteiger partial charge in [-0.05, 0) is 50.2 Å². The molecule has 0 radical (unpaired) electrons. The third-order valence-electron chi connectivity index (χ3n) is 3.33. The van der Waals surface area contributed by atoms with Crippen LogP contribution in [-0.4, -0.2) is 48.4 Å². The fourth-order valence-electron chi connectivity index (χ4n) is 1.91. The smallest absolute Gasteiger partial charge is 0.325 e. The summed E-state index contributed by atoms with van der Waals surface area (Å²) in [5, 5.41) is 12.2. The molecule has 0 rings (SSSR count). The molecule has 0 saturated heterocycles. The first kappa shape index (κ1) is 19.7. The van der Waals surface area contributed by atoms with Crippen molar-refractivity contribution in [2.75, 3.05) is 31.8 Å². The van der Waals surface area contributed by atoms with E-state index < -0.39 is 5.54 Å². The highest BCUT2D eigenvalue weighted by molar-refractivity contribution is 7.99. The highest BCUT2D eigenvalue weighted by Gasteiger charge is 2.32. The number of esters is 1. The predicted octanol–water partition coefficient (Wildman–Crippen LogP) is 2.45. The Bertz CT molecular complexity index is 264. The van der Waals surface area contributed by atoms with Crippen LogP contribution in [0.25, 0.3) is 0 Å². The molecule has 0 amide bonds. The van der Waals surface area contributed by atoms with Gasteiger partial charge in [0.05, 0.1) is 7.11 Å². The van der Waals surface area contributed by atoms with E-state index in [4.69, 9.17) is 9.84 Å². The summed E-state index contributed by atoms with van der Waals surface area (Å²) >= 11 is 1.87. The van der Waals surface area contributed by atoms with Crippen LogP contribution in [0, 0.1) is 5.92 Å². The first-order valence-electron chi connectivity index (χ1n) is 7.52. The highest BCUT2D eigenvalue weighted by atomic mass is 32.2. The van der Waals surface area contributed by atoms with E-state index in [1.54, 1.807) is 0 Å². The van der Waals surface area contributed by atoms with Gasteiger partial charge >= 0.3 is 5.97 Å². The summed E-state index contributed by atoms with van der Waals surface area (Å²) in [7, 11) is 1.44. The summed E-state index contributed by atoms with van der Waals surface area (Å²) in [5.74, 6) is 2.27. The molecule has 0 spiro atoms. The zero-order chi connectivity index (χ0) is 15.4. The summed E-state index contributed by atoms with van der Waals surface area (Å²) in [4.78, 5) is 11.9. The van der Waals surface area contributed by atoms with E-state index >= 15 is 0 Å². The second-order valence-corrected chi connectivity index (χ2v) is 6.72. The second-order valence-electron chi connectivity index (χ2n) is 5.57. The van der Waals surface area contributed by atoms with Gasteiger partial charge in [0.2, 0.25) is 0 Å². The summed E-state index contributed by atoms with van der Waals surface area (Å²) in [6.45, 7) is 7.15. The van der Waals surface area contributed by atoms with Gasteiger partial charge < -0.3 is 15.2 Å². The number of ether oxygens (including phenoxy) is 1. The van der Waals surface area contributed by atoms with Crippen molar-refractivity contribution in [1.29, 1.82) is 0 Å². The Balaban J connectivity index is 3.93. The fraction of sp³-hybridized carbons (Fsp3) is 0.933. The number of aliphatic hydroxyl groups excluding tert-OH is 1. The topological polar surface area (TPSA) is 58.6 Å². The number of carbonyl (C=O) groups excluding carboxylic acids is 1. The van der Waals surface area contributed by atoms with Gasteiger partial charge in [-0.25, -0.2) is 0 Å². The lowest BCUT2D eigenvalue weighted by Gasteiger charge is -2.28. The van der Waals surface area contributed by atoms with Crippen LogP contribution in [0.5, 0.6) is 0 Å². The molecule has 0 aliphatic rings. The van der Waals surface area contributed by atoms with Gasteiger partial charge in [-0.15, -0.1) is 0 Å². The second kappa shape index (κ2) is 11.4. The largest absolute Gasteiger partial charge is 0.468 e. The van der Waals surface area contributed by atoms with Gasteiger partial charge in [0.25, 0.3) is 0 Å². The van der Waals surface area contributed by atoms with E-state index in [1.807, 2.05) is 18.7 Å². The lowest BCUT2D eigenvalue weighted by atomic mass is 9.95. The van der Waals surface area contributed by atoms with Crippen LogP contribution in [0.2, 0.25) is 0 Å². The van der Waals surface area contributed by atoms with Gasteiger partial charge in [0, 0.05) is 6.61 Å². The Kier molecular flexibility index (Phi) is 11.3. The number of aliphatic hydroxyl groups is 1. The summed E-state index contributed by atoms with van der Waals surface area (Å²) < 4.78 is 4.90. The Hall–Kier alpha value is -0.260. The van der Waals surface area contributed by atoms with Crippen molar-refractivity contribution in [1.82, 2.24) is 5.32 Å². The summed E-state index contributed by atoms with van der Waals surface area (Å²) in [6.07, 6.45) is 3.89. The van der Waals surface area contributed by atoms with Crippen LogP contribution in [0.1, 0.15) is 46.5 Å². The normalized spacial score (nSPS) is 15.7. The molecular formula is C15H31NO3S. The van der Waals surface area contributed by atoms with Crippen LogP contribution < -0.4 is 5.32 Å². The fourth-order valence-corrected chi connectivity index (χ4v) is 2.99. The van der Waals surface area contributed by atoms with Crippen LogP contribution in [0.15, 0.2) is 0 Å². The Morgan fingerprint density at radius 1 is 1.45 bits per heavy atom. The van der Waals surface area contributed by atoms with E-state index in [9.17, 15) is 4.79 Å². The van der Waals surface area contributed by atoms with E-state index in [0.717, 1.165) is 43.7 Å². The molecule has 0 heterocycles. The predicted molar refractivity (Wildman–Crippen MR) is 86.1 cm³/mol. The molecule has 0 bridgehead atoms. The van der Waals surface area contributed by atoms with Crippen LogP contribution in [-0.2, 0) is 9.53 Å². The molecule has 20 heavy (non-hydrogen) atoms. The monoisotopic (exact) mass is 305 g/mol. The maximum absolute atomic E-state index is 11.9. The molecule has 2 atom stereocenters. The third kappa shape index (κ3) is 8.12. The van der Waals surface area contributed by atoms with Crippen molar-refractivity contribution < 1.29 is 14.6 Å². The van der Waals surface area contributed by atoms with Crippen LogP contribution in [0.4, 0.5) is 0 Å². The number of rotatable bonds is 12. The van der Waals surface area contributed by atoms with Crippen molar-refractivity contribution in [3.8, 4) is 0 Å². The Labute approximate surface area is 128 Å². The van der Waals surface area contributed by atoms with Crippen molar-refractivity contribution in [2.45, 2.75) is 52.0 Å². The van der Waals surface area contributed by atoms with Crippen LogP contribution >= 0.6 is 11.8 Å². The molecule has 2 unspecified atom stereocenters. The zero-order valence-corrected chi connectivity index (χ0v) is 14.2. The summed E-state index contributed by atoms with van der Waals surface area (Å²) in [6, 6.07) is 0. The Morgan fingerprint density at radius 2 is 2.15 bits per heavy atom. The number of carbonyl (C=O) groups is 1. The lowest BCUT2D eigenvalue weighted by Crippen LogP contribution is -2.50. The molecule has 2 N–H and O–H groups in total. The zero-order valence-electron chi connectivity index (χ0n) is 13.4. The van der Waals surface area contributed by atoms with Crippen molar-refractivity contribution in [2.24, 2.45) is 5.92 Å². The van der Waals surface area contributed by atoms with Gasteiger partial charge in [-0.2, -0.15) is 11.8 Å². The highest BCUT2D eigenvalue weighted by Crippen LogP contribution is 2.18. The minimum Gasteiger partial charge on any atom is -0.468 e. The van der Waals surface area contributed by atoms with E-state index in [-0.39, 0.29) is 12.6 Å². The molecular weight excluding hydrogens is 274 g/mol. The molecule has 0 aromatic rings. The van der Waals surface area contributed by atoms with Crippen molar-refractivity contribution >= 4 is 17.7 Å². The van der Waals surface area contributed by atoms with Crippen molar-refractivity contribution in [3.05, 3.63) is 0 Å². The molecule has 0 aromatic heterocycles. The number of hydrogen-bond donors (Lipinski definition) is 2. The Morgan fingerprint density at radius 3 is 2.70 bits per heavy atom. The van der Waals surface area contributed by atoms with E-state index in [0.29, 0.717) is 5.92 Å². The standard InChI is InChI=1S/C15H31NO3S/c1-5-9-16-15(3,14(18)19-4)8-6-7-10-20-12-13(2)11-17/h13,16-17H,5-12H2,1-4H3. The SMILES string of the molecule is CCCNC(C)(CCCCSCC(C)CO)C(=O)OC. The molecule has 0 saturated carbocycles. The first-order valence-corrected chi connectivity index (χ1v) is 8.67. The molecule has 5 heteroatoms. The number of nitrogens with one attached hydrogen (secondary N) is 1. The molecule has 4 nitrogen and oxygen atoms in total. The number of methoxy groups -OCH3 is 1. The van der Waals surface area contributed by atoms with Crippen molar-refractivity contribution in [3.63, 3.8) is 0 Å². The first-order chi connectivity index (χ1) is 9.50. The van der Waals surface area contributed by atoms with Gasteiger partial charge in [0.15, 0.2) is 0 Å². The van der Waals surface area contributed by atoms with Gasteiger partial charge in [-0.1, -0.05) is 20.3 Å². The number of hydrogen-bond acceptors (Lipinski definition) is 5. The summed E-state index contributed by atoms with van der Waals surface area (Å²) in [5.41, 5.74) is -0.562. The maximum Gasteiger partial charge on any atom is 0.325 e. The van der Waals surface area contributed by atoms with E-state index in [2.05, 4.69) is 19.2 Å². The van der Waals surface area contributed by atoms with Crippen LogP contribution in [0.3, 0.4) is 0 Å². The number of unbranched alkanes of at least 4 members (excludes halogenated alkanes) is 1.